The smallest absolute Gasteiger partial charge is 0.373 e. The first-order chi connectivity index (χ1) is 29.4. The number of amides is 7. The summed E-state index contributed by atoms with van der Waals surface area (Å²) >= 11 is 12.8. The van der Waals surface area contributed by atoms with E-state index >= 15 is 0 Å². The summed E-state index contributed by atoms with van der Waals surface area (Å²) in [4.78, 5) is 100.0. The van der Waals surface area contributed by atoms with Gasteiger partial charge in [-0.2, -0.15) is 13.2 Å². The third kappa shape index (κ3) is 13.0. The van der Waals surface area contributed by atoms with Crippen molar-refractivity contribution in [1.29, 1.82) is 0 Å². The second kappa shape index (κ2) is 21.6. The Labute approximate surface area is 374 Å². The van der Waals surface area contributed by atoms with Crippen LogP contribution in [0.1, 0.15) is 91.0 Å². The Morgan fingerprint density at radius 3 is 2.25 bits per heavy atom. The van der Waals surface area contributed by atoms with Crippen molar-refractivity contribution >= 4 is 64.6 Å². The lowest BCUT2D eigenvalue weighted by molar-refractivity contribution is -0.250. The second-order valence-electron chi connectivity index (χ2n) is 17.4. The molecule has 2 saturated heterocycles. The number of halogens is 6. The second-order valence-corrected chi connectivity index (χ2v) is 18.2. The molecule has 7 amide bonds. The molecule has 1 aliphatic carbocycles. The maximum absolute atomic E-state index is 14.7. The van der Waals surface area contributed by atoms with Crippen LogP contribution in [0.2, 0.25) is 10.0 Å². The SMILES string of the molecule is CCC[C@H]1NC(=O)[C@H](Cc2cc(Cl)ccc2Cl)N(C)C(=O)[C@H](CC(C)C)NC(=O)[C@@H](N(C)C(=O)[C@@H](NC(=O)[C@@H]2C[C@@H](F)CN2C(=O)[C@@](C)(O)C(F)(F)F)C2CC2)CCCCNC1=O. The molecule has 0 unspecified atom stereocenters. The first-order valence-corrected chi connectivity index (χ1v) is 22.0. The van der Waals surface area contributed by atoms with Crippen molar-refractivity contribution in [3.05, 3.63) is 33.8 Å². The molecule has 2 aliphatic heterocycles. The summed E-state index contributed by atoms with van der Waals surface area (Å²) in [6, 6.07) is -3.09. The van der Waals surface area contributed by atoms with Crippen molar-refractivity contribution < 1.29 is 56.2 Å². The number of aliphatic hydroxyl groups is 1. The summed E-state index contributed by atoms with van der Waals surface area (Å²) in [6.07, 6.45) is -5.62. The molecule has 0 radical (unpaired) electrons. The van der Waals surface area contributed by atoms with Gasteiger partial charge >= 0.3 is 6.18 Å². The average molecular weight is 937 g/mol. The summed E-state index contributed by atoms with van der Waals surface area (Å²) in [5, 5.41) is 21.6. The summed E-state index contributed by atoms with van der Waals surface area (Å²) in [5.41, 5.74) is -3.47. The molecule has 1 aromatic carbocycles. The van der Waals surface area contributed by atoms with Crippen LogP contribution in [0.4, 0.5) is 17.6 Å². The zero-order valence-corrected chi connectivity index (χ0v) is 37.8. The fraction of sp³-hybridized carbons (Fsp3) is 0.690. The first kappa shape index (κ1) is 51.4. The van der Waals surface area contributed by atoms with E-state index in [1.165, 1.54) is 19.0 Å². The van der Waals surface area contributed by atoms with Crippen molar-refractivity contribution in [2.75, 3.05) is 27.2 Å². The van der Waals surface area contributed by atoms with Crippen LogP contribution in [-0.4, -0.2) is 143 Å². The van der Waals surface area contributed by atoms with Crippen molar-refractivity contribution in [3.8, 4) is 0 Å². The standard InChI is InChI=1S/C42H59Cl2F4N7O8/c1-7-10-28-34(56)49-16-9-8-11-30(35(57)51-29(17-22(2)3)38(60)54(6)31(36(58)50-28)19-24-18-25(43)14-15-27(24)44)53(5)39(61)33(23-12-13-23)52-37(59)32-20-26(45)21-55(32)40(62)41(4,63)42(46,47)48/h14-15,18,22-23,26,28-33,63H,7-13,16-17,19-21H2,1-6H3,(H,49,56)(H,50,58)(H,51,57)(H,52,59)/t26-,28-,29+,30+,31+,32+,33+,41-/m1/s1. The normalized spacial score (nSPS) is 26.1. The van der Waals surface area contributed by atoms with E-state index in [-0.39, 0.29) is 56.5 Å². The fourth-order valence-electron chi connectivity index (χ4n) is 7.89. The number of likely N-dealkylation sites (tertiary alicyclic amines) is 1. The Morgan fingerprint density at radius 2 is 1.65 bits per heavy atom. The first-order valence-electron chi connectivity index (χ1n) is 21.3. The van der Waals surface area contributed by atoms with Crippen LogP contribution in [-0.2, 0) is 40.0 Å². The zero-order valence-electron chi connectivity index (χ0n) is 36.3. The molecule has 5 N–H and O–H groups in total. The van der Waals surface area contributed by atoms with E-state index in [2.05, 4.69) is 21.3 Å². The molecule has 352 valence electrons. The van der Waals surface area contributed by atoms with E-state index in [4.69, 9.17) is 23.2 Å². The van der Waals surface area contributed by atoms with Gasteiger partial charge in [0.15, 0.2) is 0 Å². The highest BCUT2D eigenvalue weighted by molar-refractivity contribution is 6.33. The molecular weight excluding hydrogens is 877 g/mol. The van der Waals surface area contributed by atoms with Crippen molar-refractivity contribution in [2.45, 2.75) is 146 Å². The molecule has 0 bridgehead atoms. The number of rotatable bonds is 12. The molecule has 1 aromatic rings. The van der Waals surface area contributed by atoms with Crippen LogP contribution in [0, 0.1) is 11.8 Å². The molecule has 4 rings (SSSR count). The Morgan fingerprint density at radius 1 is 1.00 bits per heavy atom. The predicted octanol–water partition coefficient (Wildman–Crippen LogP) is 3.45. The molecule has 15 nitrogen and oxygen atoms in total. The molecule has 3 aliphatic rings. The van der Waals surface area contributed by atoms with Gasteiger partial charge in [-0.05, 0) is 87.5 Å². The van der Waals surface area contributed by atoms with Crippen LogP contribution in [0.15, 0.2) is 18.2 Å². The van der Waals surface area contributed by atoms with E-state index < -0.39 is 114 Å². The summed E-state index contributed by atoms with van der Waals surface area (Å²) < 4.78 is 55.4. The van der Waals surface area contributed by atoms with Crippen LogP contribution >= 0.6 is 23.2 Å². The number of carbonyl (C=O) groups excluding carboxylic acids is 7. The topological polar surface area (TPSA) is 198 Å². The maximum atomic E-state index is 14.7. The van der Waals surface area contributed by atoms with Crippen molar-refractivity contribution in [3.63, 3.8) is 0 Å². The lowest BCUT2D eigenvalue weighted by atomic mass is 9.98. The maximum Gasteiger partial charge on any atom is 0.426 e. The van der Waals surface area contributed by atoms with Gasteiger partial charge in [0.25, 0.3) is 5.91 Å². The van der Waals surface area contributed by atoms with Gasteiger partial charge in [0.1, 0.15) is 42.4 Å². The molecule has 0 aromatic heterocycles. The van der Waals surface area contributed by atoms with Crippen LogP contribution in [0.5, 0.6) is 0 Å². The van der Waals surface area contributed by atoms with Gasteiger partial charge < -0.3 is 41.1 Å². The third-order valence-corrected chi connectivity index (χ3v) is 12.4. The summed E-state index contributed by atoms with van der Waals surface area (Å²) in [6.45, 7) is 4.96. The minimum atomic E-state index is -5.43. The monoisotopic (exact) mass is 935 g/mol. The Bertz CT molecular complexity index is 1870. The summed E-state index contributed by atoms with van der Waals surface area (Å²) in [7, 11) is 2.72. The van der Waals surface area contributed by atoms with Crippen LogP contribution < -0.4 is 21.3 Å². The summed E-state index contributed by atoms with van der Waals surface area (Å²) in [5.74, 6) is -6.91. The number of alkyl halides is 4. The van der Waals surface area contributed by atoms with Gasteiger partial charge in [-0.15, -0.1) is 0 Å². The molecular formula is C42H59Cl2F4N7O8. The van der Waals surface area contributed by atoms with E-state index in [1.807, 2.05) is 20.8 Å². The lowest BCUT2D eigenvalue weighted by Crippen LogP contribution is -2.61. The van der Waals surface area contributed by atoms with Gasteiger partial charge in [-0.1, -0.05) is 50.4 Å². The Balaban J connectivity index is 1.66. The number of hydrogen-bond acceptors (Lipinski definition) is 8. The van der Waals surface area contributed by atoms with E-state index in [1.54, 1.807) is 18.2 Å². The molecule has 8 atom stereocenters. The Kier molecular flexibility index (Phi) is 17.7. The molecule has 1 saturated carbocycles. The zero-order chi connectivity index (χ0) is 47.1. The van der Waals surface area contributed by atoms with Gasteiger partial charge in [0.2, 0.25) is 41.0 Å². The number of hydrogen-bond donors (Lipinski definition) is 5. The quantitative estimate of drug-likeness (QED) is 0.197. The molecule has 0 spiro atoms. The van der Waals surface area contributed by atoms with Gasteiger partial charge in [-0.3, -0.25) is 33.6 Å². The Hall–Kier alpha value is -4.23. The largest absolute Gasteiger partial charge is 0.426 e. The number of nitrogens with one attached hydrogen (secondary N) is 4. The predicted molar refractivity (Wildman–Crippen MR) is 225 cm³/mol. The highest BCUT2D eigenvalue weighted by Gasteiger charge is 2.59. The number of nitrogens with zero attached hydrogens (tertiary/aromatic N) is 3. The van der Waals surface area contributed by atoms with E-state index in [9.17, 15) is 56.2 Å². The molecule has 21 heteroatoms. The lowest BCUT2D eigenvalue weighted by Gasteiger charge is -2.35. The number of likely N-dealkylation sites (N-methyl/N-ethyl adjacent to an activating group) is 2. The van der Waals surface area contributed by atoms with Crippen molar-refractivity contribution in [1.82, 2.24) is 36.0 Å². The van der Waals surface area contributed by atoms with Gasteiger partial charge in [0.05, 0.1) is 6.54 Å². The van der Waals surface area contributed by atoms with Gasteiger partial charge in [0, 0.05) is 43.5 Å². The highest BCUT2D eigenvalue weighted by Crippen LogP contribution is 2.36. The van der Waals surface area contributed by atoms with Crippen LogP contribution in [0.3, 0.4) is 0 Å². The highest BCUT2D eigenvalue weighted by atomic mass is 35.5. The van der Waals surface area contributed by atoms with E-state index in [0.717, 1.165) is 4.90 Å². The van der Waals surface area contributed by atoms with Crippen molar-refractivity contribution in [2.24, 2.45) is 11.8 Å². The average Bonchev–Trinajstić information content (AvgIpc) is 3.98. The molecule has 3 fully saturated rings. The third-order valence-electron chi connectivity index (χ3n) is 11.8. The minimum absolute atomic E-state index is 0.0275. The van der Waals surface area contributed by atoms with E-state index in [0.29, 0.717) is 41.2 Å². The molecule has 63 heavy (non-hydrogen) atoms. The fourth-order valence-corrected chi connectivity index (χ4v) is 8.28. The number of benzene rings is 1. The molecule has 2 heterocycles. The van der Waals surface area contributed by atoms with Crippen LogP contribution in [0.25, 0.3) is 0 Å². The van der Waals surface area contributed by atoms with Gasteiger partial charge in [-0.25, -0.2) is 4.39 Å². The minimum Gasteiger partial charge on any atom is -0.373 e. The number of carbonyl (C=O) groups is 7.